The Hall–Kier alpha value is 0.310. The summed E-state index contributed by atoms with van der Waals surface area (Å²) in [5.41, 5.74) is 0.410. The van der Waals surface area contributed by atoms with Crippen LogP contribution in [0.3, 0.4) is 0 Å². The normalized spacial score (nSPS) is 24.6. The van der Waals surface area contributed by atoms with Gasteiger partial charge in [-0.1, -0.05) is 13.8 Å². The second kappa shape index (κ2) is 8.24. The molecule has 2 rings (SSSR count). The maximum Gasteiger partial charge on any atom is 0.193 e. The predicted molar refractivity (Wildman–Crippen MR) is 103 cm³/mol. The van der Waals surface area contributed by atoms with Crippen LogP contribution in [0.2, 0.25) is 0 Å². The third-order valence-corrected chi connectivity index (χ3v) is 6.01. The minimum absolute atomic E-state index is 0. The Morgan fingerprint density at radius 2 is 1.95 bits per heavy atom. The van der Waals surface area contributed by atoms with Crippen LogP contribution >= 0.6 is 35.7 Å². The number of nitrogens with one attached hydrogen (secondary N) is 1. The fourth-order valence-electron chi connectivity index (χ4n) is 3.06. The lowest BCUT2D eigenvalue weighted by atomic mass is 9.93. The molecule has 0 atom stereocenters. The number of nitrogens with zero attached hydrogens (tertiary/aromatic N) is 2. The summed E-state index contributed by atoms with van der Waals surface area (Å²) in [6, 6.07) is 0. The van der Waals surface area contributed by atoms with Crippen molar-refractivity contribution >= 4 is 41.7 Å². The average Bonchev–Trinajstić information content (AvgIpc) is 2.81. The maximum atomic E-state index is 5.51. The van der Waals surface area contributed by atoms with Gasteiger partial charge in [0.15, 0.2) is 5.96 Å². The lowest BCUT2D eigenvalue weighted by Gasteiger charge is -2.37. The second-order valence-corrected chi connectivity index (χ2v) is 8.01. The third kappa shape index (κ3) is 5.16. The summed E-state index contributed by atoms with van der Waals surface area (Å²) in [7, 11) is 1.89. The number of hydrogen-bond donors (Lipinski definition) is 1. The SMILES string of the molecule is CN=C(NCC1(SC)CCOCC1)N1CCC(C)(C)C1.I. The molecule has 0 aromatic carbocycles. The van der Waals surface area contributed by atoms with E-state index in [1.54, 1.807) is 0 Å². The number of likely N-dealkylation sites (tertiary alicyclic amines) is 1. The number of hydrogen-bond acceptors (Lipinski definition) is 3. The van der Waals surface area contributed by atoms with Crippen LogP contribution < -0.4 is 5.32 Å². The van der Waals surface area contributed by atoms with Crippen LogP contribution in [0, 0.1) is 5.41 Å². The topological polar surface area (TPSA) is 36.9 Å². The third-order valence-electron chi connectivity index (χ3n) is 4.59. The number of guanidine groups is 1. The van der Waals surface area contributed by atoms with E-state index in [4.69, 9.17) is 4.74 Å². The Bertz CT molecular complexity index is 357. The lowest BCUT2D eigenvalue weighted by molar-refractivity contribution is 0.0781. The van der Waals surface area contributed by atoms with E-state index in [0.717, 1.165) is 51.6 Å². The summed E-state index contributed by atoms with van der Waals surface area (Å²) < 4.78 is 5.81. The molecule has 2 heterocycles. The Balaban J connectivity index is 0.00000220. The first kappa shape index (κ1) is 19.4. The fourth-order valence-corrected chi connectivity index (χ4v) is 3.85. The highest BCUT2D eigenvalue weighted by Gasteiger charge is 2.34. The van der Waals surface area contributed by atoms with Crippen LogP contribution in [0.15, 0.2) is 4.99 Å². The standard InChI is InChI=1S/C15H29N3OS.HI/c1-14(2)5-8-18(12-14)13(16-3)17-11-15(20-4)6-9-19-10-7-15;/h5-12H2,1-4H3,(H,16,17);1H. The van der Waals surface area contributed by atoms with Crippen molar-refractivity contribution in [2.24, 2.45) is 10.4 Å². The summed E-state index contributed by atoms with van der Waals surface area (Å²) in [5.74, 6) is 1.07. The van der Waals surface area contributed by atoms with Crippen LogP contribution in [0.5, 0.6) is 0 Å². The Morgan fingerprint density at radius 3 is 2.43 bits per heavy atom. The van der Waals surface area contributed by atoms with Gasteiger partial charge in [0.2, 0.25) is 0 Å². The van der Waals surface area contributed by atoms with Crippen molar-refractivity contribution in [3.05, 3.63) is 0 Å². The molecule has 4 nitrogen and oxygen atoms in total. The highest BCUT2D eigenvalue weighted by atomic mass is 127. The highest BCUT2D eigenvalue weighted by molar-refractivity contribution is 14.0. The average molecular weight is 427 g/mol. The number of thioether (sulfide) groups is 1. The zero-order valence-electron chi connectivity index (χ0n) is 13.8. The van der Waals surface area contributed by atoms with Gasteiger partial charge in [-0.25, -0.2) is 0 Å². The Labute approximate surface area is 150 Å². The van der Waals surface area contributed by atoms with Gasteiger partial charge in [0, 0.05) is 44.6 Å². The highest BCUT2D eigenvalue weighted by Crippen LogP contribution is 2.33. The van der Waals surface area contributed by atoms with E-state index in [2.05, 4.69) is 35.3 Å². The van der Waals surface area contributed by atoms with Crippen molar-refractivity contribution in [2.45, 2.75) is 37.9 Å². The van der Waals surface area contributed by atoms with Gasteiger partial charge in [0.1, 0.15) is 0 Å². The van der Waals surface area contributed by atoms with E-state index in [9.17, 15) is 0 Å². The summed E-state index contributed by atoms with van der Waals surface area (Å²) in [6.45, 7) is 9.64. The van der Waals surface area contributed by atoms with Crippen molar-refractivity contribution in [1.82, 2.24) is 10.2 Å². The Morgan fingerprint density at radius 1 is 1.29 bits per heavy atom. The minimum atomic E-state index is 0. The quantitative estimate of drug-likeness (QED) is 0.427. The van der Waals surface area contributed by atoms with Crippen molar-refractivity contribution in [3.63, 3.8) is 0 Å². The van der Waals surface area contributed by atoms with E-state index >= 15 is 0 Å². The molecular formula is C15H30IN3OS. The van der Waals surface area contributed by atoms with Crippen LogP contribution in [-0.4, -0.2) is 61.8 Å². The van der Waals surface area contributed by atoms with E-state index in [-0.39, 0.29) is 24.0 Å². The van der Waals surface area contributed by atoms with E-state index in [1.165, 1.54) is 6.42 Å². The van der Waals surface area contributed by atoms with E-state index < -0.39 is 0 Å². The van der Waals surface area contributed by atoms with Gasteiger partial charge in [-0.15, -0.1) is 24.0 Å². The molecule has 1 N–H and O–H groups in total. The molecule has 0 unspecified atom stereocenters. The molecule has 2 saturated heterocycles. The van der Waals surface area contributed by atoms with Crippen molar-refractivity contribution in [1.29, 1.82) is 0 Å². The number of halogens is 1. The molecule has 0 amide bonds. The first-order valence-electron chi connectivity index (χ1n) is 7.59. The van der Waals surface area contributed by atoms with Gasteiger partial charge in [-0.3, -0.25) is 4.99 Å². The zero-order chi connectivity index (χ0) is 14.6. The molecule has 0 spiro atoms. The summed E-state index contributed by atoms with van der Waals surface area (Å²) in [6.07, 6.45) is 5.72. The molecule has 124 valence electrons. The monoisotopic (exact) mass is 427 g/mol. The summed E-state index contributed by atoms with van der Waals surface area (Å²) >= 11 is 1.97. The van der Waals surface area contributed by atoms with Gasteiger partial charge in [-0.2, -0.15) is 11.8 Å². The molecule has 21 heavy (non-hydrogen) atoms. The first-order valence-corrected chi connectivity index (χ1v) is 8.81. The summed E-state index contributed by atoms with van der Waals surface area (Å²) in [4.78, 5) is 6.87. The van der Waals surface area contributed by atoms with E-state index in [0.29, 0.717) is 10.2 Å². The maximum absolute atomic E-state index is 5.51. The molecule has 0 aromatic heterocycles. The van der Waals surface area contributed by atoms with Gasteiger partial charge < -0.3 is 15.0 Å². The van der Waals surface area contributed by atoms with Crippen LogP contribution in [-0.2, 0) is 4.74 Å². The van der Waals surface area contributed by atoms with E-state index in [1.807, 2.05) is 18.8 Å². The molecule has 0 saturated carbocycles. The molecule has 0 radical (unpaired) electrons. The van der Waals surface area contributed by atoms with Gasteiger partial charge in [-0.05, 0) is 30.9 Å². The van der Waals surface area contributed by atoms with Crippen LogP contribution in [0.4, 0.5) is 0 Å². The molecule has 6 heteroatoms. The molecule has 2 aliphatic rings. The smallest absolute Gasteiger partial charge is 0.193 e. The molecule has 0 aliphatic carbocycles. The Kier molecular flexibility index (Phi) is 7.60. The van der Waals surface area contributed by atoms with Crippen molar-refractivity contribution in [2.75, 3.05) is 46.2 Å². The number of rotatable bonds is 3. The second-order valence-electron chi connectivity index (χ2n) is 6.74. The predicted octanol–water partition coefficient (Wildman–Crippen LogP) is 2.82. The van der Waals surface area contributed by atoms with Crippen LogP contribution in [0.1, 0.15) is 33.1 Å². The minimum Gasteiger partial charge on any atom is -0.381 e. The largest absolute Gasteiger partial charge is 0.381 e. The van der Waals surface area contributed by atoms with Crippen LogP contribution in [0.25, 0.3) is 0 Å². The number of ether oxygens (including phenoxy) is 1. The van der Waals surface area contributed by atoms with Gasteiger partial charge >= 0.3 is 0 Å². The van der Waals surface area contributed by atoms with Gasteiger partial charge in [0.25, 0.3) is 0 Å². The number of aliphatic imine (C=N–C) groups is 1. The van der Waals surface area contributed by atoms with Gasteiger partial charge in [0.05, 0.1) is 0 Å². The molecule has 0 bridgehead atoms. The molecule has 0 aromatic rings. The fraction of sp³-hybridized carbons (Fsp3) is 0.933. The zero-order valence-corrected chi connectivity index (χ0v) is 16.9. The molecule has 2 aliphatic heterocycles. The lowest BCUT2D eigenvalue weighted by Crippen LogP contribution is -2.49. The molecule has 2 fully saturated rings. The van der Waals surface area contributed by atoms with Crippen molar-refractivity contribution < 1.29 is 4.74 Å². The molecular weight excluding hydrogens is 397 g/mol. The van der Waals surface area contributed by atoms with Crippen molar-refractivity contribution in [3.8, 4) is 0 Å². The summed E-state index contributed by atoms with van der Waals surface area (Å²) in [5, 5.41) is 3.61. The first-order chi connectivity index (χ1) is 9.50.